The Morgan fingerprint density at radius 1 is 0.696 bits per heavy atom. The molecule has 0 aromatic heterocycles. The van der Waals surface area contributed by atoms with Crippen molar-refractivity contribution >= 4 is 22.6 Å². The van der Waals surface area contributed by atoms with Crippen molar-refractivity contribution in [2.75, 3.05) is 0 Å². The molecule has 3 aromatic carbocycles. The normalized spacial score (nSPS) is 12.0. The van der Waals surface area contributed by atoms with E-state index in [0.717, 1.165) is 16.2 Å². The van der Waals surface area contributed by atoms with Crippen molar-refractivity contribution in [1.29, 1.82) is 0 Å². The summed E-state index contributed by atoms with van der Waals surface area (Å²) in [4.78, 5) is 2.09. The van der Waals surface area contributed by atoms with Crippen LogP contribution < -0.4 is 0 Å². The highest BCUT2D eigenvalue weighted by atomic mass is 32.2. The molecule has 116 valence electrons. The molecule has 0 heterocycles. The average molecular weight is 338 g/mol. The molecule has 23 heavy (non-hydrogen) atoms. The van der Waals surface area contributed by atoms with Crippen molar-refractivity contribution in [2.45, 2.75) is 21.3 Å². The van der Waals surface area contributed by atoms with Gasteiger partial charge >= 0.3 is 0 Å². The van der Waals surface area contributed by atoms with Crippen LogP contribution in [0.2, 0.25) is 0 Å². The second-order valence-electron chi connectivity index (χ2n) is 5.22. The van der Waals surface area contributed by atoms with Gasteiger partial charge in [-0.05, 0) is 35.4 Å². The lowest BCUT2D eigenvalue weighted by molar-refractivity contribution is 0.682. The van der Waals surface area contributed by atoms with Crippen LogP contribution in [0.15, 0.2) is 94.7 Å². The molecular weight excluding hydrogens is 320 g/mol. The van der Waals surface area contributed by atoms with Crippen LogP contribution in [-0.4, -0.2) is 4.21 Å². The molecular formula is C20H18OS2. The lowest BCUT2D eigenvalue weighted by Gasteiger charge is -2.05. The molecule has 0 saturated carbocycles. The Morgan fingerprint density at radius 3 is 1.87 bits per heavy atom. The molecule has 0 amide bonds. The van der Waals surface area contributed by atoms with E-state index in [-0.39, 0.29) is 0 Å². The van der Waals surface area contributed by atoms with E-state index in [2.05, 4.69) is 36.4 Å². The van der Waals surface area contributed by atoms with Crippen LogP contribution in [-0.2, 0) is 22.3 Å². The Morgan fingerprint density at radius 2 is 1.26 bits per heavy atom. The third-order valence-electron chi connectivity index (χ3n) is 3.48. The lowest BCUT2D eigenvalue weighted by Crippen LogP contribution is -1.96. The lowest BCUT2D eigenvalue weighted by atomic mass is 10.2. The van der Waals surface area contributed by atoms with E-state index in [1.165, 1.54) is 10.5 Å². The summed E-state index contributed by atoms with van der Waals surface area (Å²) < 4.78 is 12.4. The van der Waals surface area contributed by atoms with E-state index in [0.29, 0.717) is 5.75 Å². The Labute approximate surface area is 144 Å². The van der Waals surface area contributed by atoms with E-state index in [9.17, 15) is 4.21 Å². The van der Waals surface area contributed by atoms with Gasteiger partial charge in [0.15, 0.2) is 0 Å². The zero-order valence-corrected chi connectivity index (χ0v) is 14.4. The van der Waals surface area contributed by atoms with Crippen LogP contribution >= 0.6 is 11.8 Å². The first-order valence-electron chi connectivity index (χ1n) is 7.50. The number of hydrogen-bond donors (Lipinski definition) is 0. The molecule has 3 rings (SSSR count). The van der Waals surface area contributed by atoms with Crippen LogP contribution in [0.25, 0.3) is 0 Å². The molecule has 0 bridgehead atoms. The Balaban J connectivity index is 1.59. The largest absolute Gasteiger partial charge is 0.254 e. The van der Waals surface area contributed by atoms with Crippen LogP contribution in [0, 0.1) is 0 Å². The van der Waals surface area contributed by atoms with Gasteiger partial charge in [0, 0.05) is 15.5 Å². The number of thioether (sulfide) groups is 1. The fraction of sp³-hybridized carbons (Fsp3) is 0.100. The van der Waals surface area contributed by atoms with Gasteiger partial charge in [0.1, 0.15) is 0 Å². The quantitative estimate of drug-likeness (QED) is 0.568. The van der Waals surface area contributed by atoms with Gasteiger partial charge in [0.2, 0.25) is 0 Å². The molecule has 0 aliphatic rings. The summed E-state index contributed by atoms with van der Waals surface area (Å²) in [6, 6.07) is 28.5. The Bertz CT molecular complexity index is 753. The smallest absolute Gasteiger partial charge is 0.0574 e. The summed E-state index contributed by atoms with van der Waals surface area (Å²) in [6.07, 6.45) is 0. The SMILES string of the molecule is O=S(Cc1ccccc1)c1ccc(SCc2ccccc2)cc1. The van der Waals surface area contributed by atoms with Crippen molar-refractivity contribution in [3.63, 3.8) is 0 Å². The Kier molecular flexibility index (Phi) is 5.67. The van der Waals surface area contributed by atoms with Gasteiger partial charge in [0.25, 0.3) is 0 Å². The predicted octanol–water partition coefficient (Wildman–Crippen LogP) is 5.29. The van der Waals surface area contributed by atoms with E-state index in [1.54, 1.807) is 11.8 Å². The monoisotopic (exact) mass is 338 g/mol. The van der Waals surface area contributed by atoms with Crippen molar-refractivity contribution in [2.24, 2.45) is 0 Å². The summed E-state index contributed by atoms with van der Waals surface area (Å²) in [7, 11) is -0.992. The average Bonchev–Trinajstić information content (AvgIpc) is 2.62. The minimum atomic E-state index is -0.992. The summed E-state index contributed by atoms with van der Waals surface area (Å²) in [6.45, 7) is 0. The summed E-state index contributed by atoms with van der Waals surface area (Å²) in [5, 5.41) is 0. The summed E-state index contributed by atoms with van der Waals surface area (Å²) in [5.41, 5.74) is 2.42. The standard InChI is InChI=1S/C20H18OS2/c21-23(16-18-9-5-2-6-10-18)20-13-11-19(12-14-20)22-15-17-7-3-1-4-8-17/h1-14H,15-16H2. The second kappa shape index (κ2) is 8.14. The highest BCUT2D eigenvalue weighted by Gasteiger charge is 2.05. The molecule has 0 fully saturated rings. The molecule has 3 heteroatoms. The minimum absolute atomic E-state index is 0.567. The molecule has 0 spiro atoms. The zero-order chi connectivity index (χ0) is 15.9. The first-order valence-corrected chi connectivity index (χ1v) is 9.81. The third kappa shape index (κ3) is 4.81. The Hall–Kier alpha value is -1.84. The predicted molar refractivity (Wildman–Crippen MR) is 99.0 cm³/mol. The topological polar surface area (TPSA) is 17.1 Å². The molecule has 1 atom stereocenters. The molecule has 0 N–H and O–H groups in total. The highest BCUT2D eigenvalue weighted by Crippen LogP contribution is 2.24. The maximum Gasteiger partial charge on any atom is 0.0574 e. The summed E-state index contributed by atoms with van der Waals surface area (Å²) in [5.74, 6) is 1.52. The van der Waals surface area contributed by atoms with Gasteiger partial charge < -0.3 is 0 Å². The molecule has 1 nitrogen and oxygen atoms in total. The van der Waals surface area contributed by atoms with Gasteiger partial charge in [-0.15, -0.1) is 11.8 Å². The molecule has 0 saturated heterocycles. The summed E-state index contributed by atoms with van der Waals surface area (Å²) >= 11 is 1.80. The first-order chi connectivity index (χ1) is 11.3. The van der Waals surface area contributed by atoms with Crippen LogP contribution in [0.4, 0.5) is 0 Å². The molecule has 1 unspecified atom stereocenters. The third-order valence-corrected chi connectivity index (χ3v) is 5.95. The van der Waals surface area contributed by atoms with Gasteiger partial charge in [-0.1, -0.05) is 60.7 Å². The van der Waals surface area contributed by atoms with Gasteiger partial charge in [-0.2, -0.15) is 0 Å². The maximum absolute atomic E-state index is 12.4. The number of benzene rings is 3. The van der Waals surface area contributed by atoms with Gasteiger partial charge in [-0.25, -0.2) is 0 Å². The fourth-order valence-corrected chi connectivity index (χ4v) is 4.19. The van der Waals surface area contributed by atoms with E-state index in [4.69, 9.17) is 0 Å². The van der Waals surface area contributed by atoms with Gasteiger partial charge in [0.05, 0.1) is 16.6 Å². The van der Waals surface area contributed by atoms with Crippen LogP contribution in [0.5, 0.6) is 0 Å². The maximum atomic E-state index is 12.4. The molecule has 0 aliphatic carbocycles. The molecule has 0 aliphatic heterocycles. The van der Waals surface area contributed by atoms with Crippen molar-refractivity contribution in [1.82, 2.24) is 0 Å². The zero-order valence-electron chi connectivity index (χ0n) is 12.7. The fourth-order valence-electron chi connectivity index (χ4n) is 2.24. The first kappa shape index (κ1) is 16.0. The number of hydrogen-bond acceptors (Lipinski definition) is 2. The van der Waals surface area contributed by atoms with E-state index >= 15 is 0 Å². The van der Waals surface area contributed by atoms with Gasteiger partial charge in [-0.3, -0.25) is 4.21 Å². The molecule has 3 aromatic rings. The second-order valence-corrected chi connectivity index (χ2v) is 7.72. The van der Waals surface area contributed by atoms with Crippen molar-refractivity contribution in [3.8, 4) is 0 Å². The highest BCUT2D eigenvalue weighted by molar-refractivity contribution is 7.98. The van der Waals surface area contributed by atoms with Crippen molar-refractivity contribution < 1.29 is 4.21 Å². The molecule has 0 radical (unpaired) electrons. The van der Waals surface area contributed by atoms with E-state index < -0.39 is 10.8 Å². The van der Waals surface area contributed by atoms with Crippen molar-refractivity contribution in [3.05, 3.63) is 96.1 Å². The van der Waals surface area contributed by atoms with E-state index in [1.807, 2.05) is 48.5 Å². The number of rotatable bonds is 6. The van der Waals surface area contributed by atoms with Crippen LogP contribution in [0.3, 0.4) is 0 Å². The minimum Gasteiger partial charge on any atom is -0.254 e. The van der Waals surface area contributed by atoms with Crippen LogP contribution in [0.1, 0.15) is 11.1 Å².